The molecule has 0 saturated carbocycles. The molecule has 1 N–H and O–H groups in total. The molecule has 1 fully saturated rings. The molecule has 12 heteroatoms. The second-order valence-corrected chi connectivity index (χ2v) is 10.2. The highest BCUT2D eigenvalue weighted by atomic mass is 19.1. The van der Waals surface area contributed by atoms with E-state index in [0.717, 1.165) is 35.5 Å². The minimum absolute atomic E-state index is 0.0630. The van der Waals surface area contributed by atoms with Gasteiger partial charge in [-0.15, -0.1) is 0 Å². The van der Waals surface area contributed by atoms with Gasteiger partial charge in [-0.05, 0) is 48.7 Å². The average Bonchev–Trinajstić information content (AvgIpc) is 3.31. The van der Waals surface area contributed by atoms with Gasteiger partial charge in [0.15, 0.2) is 5.82 Å². The van der Waals surface area contributed by atoms with E-state index >= 15 is 0 Å². The molecule has 42 heavy (non-hydrogen) atoms. The minimum atomic E-state index is -0.994. The van der Waals surface area contributed by atoms with E-state index in [2.05, 4.69) is 14.9 Å². The Morgan fingerprint density at radius 1 is 1.19 bits per heavy atom. The Labute approximate surface area is 239 Å². The van der Waals surface area contributed by atoms with Crippen molar-refractivity contribution in [3.05, 3.63) is 88.5 Å². The number of imidazole rings is 1. The maximum absolute atomic E-state index is 14.7. The minimum Gasteiger partial charge on any atom is -0.478 e. The number of aromatic carboxylic acids is 1. The van der Waals surface area contributed by atoms with Crippen molar-refractivity contribution in [1.29, 1.82) is 5.26 Å². The maximum atomic E-state index is 14.7. The van der Waals surface area contributed by atoms with Crippen LogP contribution in [0.2, 0.25) is 0 Å². The van der Waals surface area contributed by atoms with Gasteiger partial charge in [-0.3, -0.25) is 4.90 Å². The quantitative estimate of drug-likeness (QED) is 0.312. The molecule has 2 aliphatic heterocycles. The summed E-state index contributed by atoms with van der Waals surface area (Å²) in [6.45, 7) is 2.79. The van der Waals surface area contributed by atoms with Gasteiger partial charge in [-0.1, -0.05) is 12.1 Å². The molecule has 1 atom stereocenters. The van der Waals surface area contributed by atoms with Gasteiger partial charge >= 0.3 is 12.0 Å². The number of carbonyl (C=O) groups is 1. The van der Waals surface area contributed by atoms with Crippen molar-refractivity contribution in [3.8, 4) is 12.1 Å². The fourth-order valence-electron chi connectivity index (χ4n) is 5.05. The summed E-state index contributed by atoms with van der Waals surface area (Å²) in [6, 6.07) is 10.8. The Morgan fingerprint density at radius 3 is 2.74 bits per heavy atom. The van der Waals surface area contributed by atoms with Gasteiger partial charge in [0.2, 0.25) is 0 Å². The van der Waals surface area contributed by atoms with Crippen LogP contribution in [0.4, 0.5) is 8.78 Å². The molecule has 0 amide bonds. The van der Waals surface area contributed by atoms with Gasteiger partial charge < -0.3 is 19.1 Å². The first-order chi connectivity index (χ1) is 20.4. The molecular formula is C30H26F2N6O4. The van der Waals surface area contributed by atoms with Crippen LogP contribution in [0.1, 0.15) is 45.8 Å². The van der Waals surface area contributed by atoms with Crippen LogP contribution >= 0.6 is 0 Å². The largest absolute Gasteiger partial charge is 0.478 e. The zero-order valence-electron chi connectivity index (χ0n) is 22.5. The van der Waals surface area contributed by atoms with Gasteiger partial charge in [0.1, 0.15) is 23.9 Å². The van der Waals surface area contributed by atoms with Crippen LogP contribution in [0.15, 0.2) is 48.7 Å². The fourth-order valence-corrected chi connectivity index (χ4v) is 5.05. The van der Waals surface area contributed by atoms with Gasteiger partial charge in [-0.25, -0.2) is 23.5 Å². The summed E-state index contributed by atoms with van der Waals surface area (Å²) >= 11 is 0. The number of ether oxygens (including phenoxy) is 2. The third kappa shape index (κ3) is 5.70. The van der Waals surface area contributed by atoms with Crippen molar-refractivity contribution in [1.82, 2.24) is 24.4 Å². The van der Waals surface area contributed by atoms with Crippen LogP contribution in [0.25, 0.3) is 16.6 Å². The Morgan fingerprint density at radius 2 is 2.05 bits per heavy atom. The molecule has 0 bridgehead atoms. The molecule has 2 aromatic carbocycles. The van der Waals surface area contributed by atoms with Crippen molar-refractivity contribution >= 4 is 22.6 Å². The predicted octanol–water partition coefficient (Wildman–Crippen LogP) is 4.33. The number of nitriles is 1. The second-order valence-electron chi connectivity index (χ2n) is 10.2. The third-order valence-corrected chi connectivity index (χ3v) is 7.48. The maximum Gasteiger partial charge on any atom is 0.335 e. The first-order valence-corrected chi connectivity index (χ1v) is 13.5. The van der Waals surface area contributed by atoms with Gasteiger partial charge in [0.05, 0.1) is 53.6 Å². The molecule has 6 rings (SSSR count). The SMILES string of the molecule is N#Cc1ccc(COc2ncc(F)c(C3=CCN(Cc4nc5ccc(C(=O)O)cc5n4C[C@@H]4CCO4)CC3)n2)c(F)c1. The highest BCUT2D eigenvalue weighted by Gasteiger charge is 2.25. The summed E-state index contributed by atoms with van der Waals surface area (Å²) in [4.78, 5) is 26.7. The van der Waals surface area contributed by atoms with Crippen LogP contribution in [-0.4, -0.2) is 61.3 Å². The first kappa shape index (κ1) is 27.4. The summed E-state index contributed by atoms with van der Waals surface area (Å²) in [5.41, 5.74) is 2.95. The summed E-state index contributed by atoms with van der Waals surface area (Å²) < 4.78 is 42.2. The van der Waals surface area contributed by atoms with Gasteiger partial charge in [0.25, 0.3) is 0 Å². The number of nitrogens with zero attached hydrogens (tertiary/aromatic N) is 6. The number of benzene rings is 2. The summed E-state index contributed by atoms with van der Waals surface area (Å²) in [7, 11) is 0. The van der Waals surface area contributed by atoms with Crippen molar-refractivity contribution in [2.75, 3.05) is 19.7 Å². The zero-order chi connectivity index (χ0) is 29.2. The molecule has 0 spiro atoms. The molecule has 0 aliphatic carbocycles. The molecule has 214 valence electrons. The number of rotatable bonds is 9. The van der Waals surface area contributed by atoms with Crippen molar-refractivity contribution < 1.29 is 28.2 Å². The standard InChI is InChI=1S/C30H26F2N6O4/c31-23-11-18(13-33)1-2-21(23)17-42-30-34-14-24(32)28(36-30)19-5-8-37(9-6-19)16-27-35-25-4-3-20(29(39)40)12-26(25)38(27)15-22-7-10-41-22/h1-5,11-12,14,22H,6-10,15-17H2,(H,39,40)/t22-/m0/s1. The van der Waals surface area contributed by atoms with Crippen LogP contribution < -0.4 is 4.74 Å². The van der Waals surface area contributed by atoms with Gasteiger partial charge in [-0.2, -0.15) is 10.2 Å². The lowest BCUT2D eigenvalue weighted by Crippen LogP contribution is -2.33. The number of halogens is 2. The van der Waals surface area contributed by atoms with Crippen LogP contribution in [0.3, 0.4) is 0 Å². The van der Waals surface area contributed by atoms with E-state index in [1.807, 2.05) is 16.7 Å². The van der Waals surface area contributed by atoms with E-state index in [9.17, 15) is 18.7 Å². The lowest BCUT2D eigenvalue weighted by atomic mass is 10.0. The van der Waals surface area contributed by atoms with E-state index in [1.165, 1.54) is 12.1 Å². The third-order valence-electron chi connectivity index (χ3n) is 7.48. The number of hydrogen-bond acceptors (Lipinski definition) is 8. The average molecular weight is 573 g/mol. The Bertz CT molecular complexity index is 1740. The zero-order valence-corrected chi connectivity index (χ0v) is 22.5. The number of carboxylic acid groups (broad SMARTS) is 1. The molecule has 4 aromatic rings. The molecule has 1 saturated heterocycles. The fraction of sp³-hybridized carbons (Fsp3) is 0.300. The summed E-state index contributed by atoms with van der Waals surface area (Å²) in [5, 5.41) is 18.4. The van der Waals surface area contributed by atoms with E-state index in [1.54, 1.807) is 18.2 Å². The molecule has 0 unspecified atom stereocenters. The van der Waals surface area contributed by atoms with Crippen LogP contribution in [0.5, 0.6) is 6.01 Å². The molecule has 0 radical (unpaired) electrons. The van der Waals surface area contributed by atoms with E-state index in [0.29, 0.717) is 44.8 Å². The number of fused-ring (bicyclic) bond motifs is 1. The first-order valence-electron chi connectivity index (χ1n) is 13.5. The van der Waals surface area contributed by atoms with Gasteiger partial charge in [0, 0.05) is 25.3 Å². The highest BCUT2D eigenvalue weighted by molar-refractivity contribution is 5.92. The topological polar surface area (TPSA) is 126 Å². The predicted molar refractivity (Wildman–Crippen MR) is 146 cm³/mol. The van der Waals surface area contributed by atoms with Crippen molar-refractivity contribution in [3.63, 3.8) is 0 Å². The smallest absolute Gasteiger partial charge is 0.335 e. The molecule has 4 heterocycles. The Kier molecular flexibility index (Phi) is 7.60. The molecule has 10 nitrogen and oxygen atoms in total. The van der Waals surface area contributed by atoms with Crippen molar-refractivity contribution in [2.45, 2.75) is 38.6 Å². The molecule has 2 aromatic heterocycles. The van der Waals surface area contributed by atoms with E-state index < -0.39 is 17.6 Å². The van der Waals surface area contributed by atoms with Crippen LogP contribution in [0, 0.1) is 23.0 Å². The number of hydrogen-bond donors (Lipinski definition) is 1. The second kappa shape index (κ2) is 11.6. The molecular weight excluding hydrogens is 546 g/mol. The van der Waals surface area contributed by atoms with Crippen molar-refractivity contribution in [2.24, 2.45) is 0 Å². The monoisotopic (exact) mass is 572 g/mol. The Hall–Kier alpha value is -4.73. The lowest BCUT2D eigenvalue weighted by Gasteiger charge is -2.29. The van der Waals surface area contributed by atoms with Crippen LogP contribution in [-0.2, 0) is 24.4 Å². The van der Waals surface area contributed by atoms with E-state index in [4.69, 9.17) is 19.7 Å². The highest BCUT2D eigenvalue weighted by Crippen LogP contribution is 2.27. The normalized spacial score (nSPS) is 17.0. The number of aromatic nitrogens is 4. The summed E-state index contributed by atoms with van der Waals surface area (Å²) in [6.07, 6.45) is 4.46. The Balaban J connectivity index is 1.16. The van der Waals surface area contributed by atoms with E-state index in [-0.39, 0.29) is 41.1 Å². The summed E-state index contributed by atoms with van der Waals surface area (Å²) in [5.74, 6) is -1.35. The lowest BCUT2D eigenvalue weighted by molar-refractivity contribution is -0.0591. The number of carboxylic acids is 1. The molecule has 2 aliphatic rings.